The van der Waals surface area contributed by atoms with E-state index in [1.807, 2.05) is 13.8 Å². The number of aromatic nitrogens is 1. The maximum atomic E-state index is 13.7. The van der Waals surface area contributed by atoms with Gasteiger partial charge in [0.1, 0.15) is 0 Å². The van der Waals surface area contributed by atoms with Crippen LogP contribution in [0.5, 0.6) is 5.75 Å². The predicted molar refractivity (Wildman–Crippen MR) is 120 cm³/mol. The average Bonchev–Trinajstić information content (AvgIpc) is 2.74. The standard InChI is InChI=1S/C23H23FN2O5S/c1-14(2)19-10-15(22(27)25-16-8-9-20(24)21(11-16)31-3)13-26(23(19)28)17-6-5-7-18(12-17)32(4,29)30/h5-14H,1-4H3,(H,25,27). The number of halogens is 1. The van der Waals surface area contributed by atoms with Crippen LogP contribution >= 0.6 is 0 Å². The molecule has 0 bridgehead atoms. The van der Waals surface area contributed by atoms with Gasteiger partial charge in [-0.25, -0.2) is 12.8 Å². The Kier molecular flexibility index (Phi) is 6.50. The lowest BCUT2D eigenvalue weighted by Gasteiger charge is -2.15. The first kappa shape index (κ1) is 23.2. The molecule has 0 aliphatic rings. The van der Waals surface area contributed by atoms with Crippen LogP contribution in [0.25, 0.3) is 5.69 Å². The van der Waals surface area contributed by atoms with Crippen molar-refractivity contribution in [2.45, 2.75) is 24.7 Å². The van der Waals surface area contributed by atoms with Crippen molar-refractivity contribution in [3.63, 3.8) is 0 Å². The molecule has 0 aliphatic heterocycles. The van der Waals surface area contributed by atoms with Crippen molar-refractivity contribution < 1.29 is 22.3 Å². The Bertz CT molecular complexity index is 1350. The maximum Gasteiger partial charge on any atom is 0.258 e. The zero-order valence-corrected chi connectivity index (χ0v) is 18.9. The van der Waals surface area contributed by atoms with Gasteiger partial charge in [0.05, 0.1) is 17.6 Å². The minimum absolute atomic E-state index is 0.0202. The second-order valence-electron chi connectivity index (χ2n) is 7.59. The number of ether oxygens (including phenoxy) is 1. The smallest absolute Gasteiger partial charge is 0.258 e. The van der Waals surface area contributed by atoms with Gasteiger partial charge in [0, 0.05) is 35.5 Å². The van der Waals surface area contributed by atoms with Gasteiger partial charge in [-0.05, 0) is 42.3 Å². The molecule has 0 fully saturated rings. The number of hydrogen-bond acceptors (Lipinski definition) is 5. The van der Waals surface area contributed by atoms with Gasteiger partial charge in [-0.3, -0.25) is 14.2 Å². The number of methoxy groups -OCH3 is 1. The SMILES string of the molecule is COc1cc(NC(=O)c2cc(C(C)C)c(=O)n(-c3cccc(S(C)(=O)=O)c3)c2)ccc1F. The van der Waals surface area contributed by atoms with Crippen LogP contribution in [0.1, 0.15) is 35.7 Å². The lowest BCUT2D eigenvalue weighted by molar-refractivity contribution is 0.102. The molecule has 168 valence electrons. The fourth-order valence-electron chi connectivity index (χ4n) is 3.14. The Morgan fingerprint density at radius 2 is 1.84 bits per heavy atom. The molecule has 7 nitrogen and oxygen atoms in total. The Morgan fingerprint density at radius 1 is 1.12 bits per heavy atom. The van der Waals surface area contributed by atoms with Crippen LogP contribution < -0.4 is 15.6 Å². The number of anilines is 1. The van der Waals surface area contributed by atoms with Gasteiger partial charge in [-0.1, -0.05) is 19.9 Å². The molecule has 3 aromatic rings. The summed E-state index contributed by atoms with van der Waals surface area (Å²) in [5.74, 6) is -1.29. The van der Waals surface area contributed by atoms with E-state index in [0.29, 0.717) is 16.9 Å². The Balaban J connectivity index is 2.09. The number of carbonyl (C=O) groups excluding carboxylic acids is 1. The van der Waals surface area contributed by atoms with Crippen molar-refractivity contribution in [1.82, 2.24) is 4.57 Å². The van der Waals surface area contributed by atoms with Crippen molar-refractivity contribution in [1.29, 1.82) is 0 Å². The van der Waals surface area contributed by atoms with E-state index in [0.717, 1.165) is 6.26 Å². The number of amides is 1. The first-order valence-corrected chi connectivity index (χ1v) is 11.6. The molecule has 0 radical (unpaired) electrons. The fourth-order valence-corrected chi connectivity index (χ4v) is 3.80. The molecular weight excluding hydrogens is 435 g/mol. The minimum atomic E-state index is -3.49. The maximum absolute atomic E-state index is 13.7. The molecule has 2 aromatic carbocycles. The molecule has 0 saturated heterocycles. The average molecular weight is 459 g/mol. The summed E-state index contributed by atoms with van der Waals surface area (Å²) >= 11 is 0. The third kappa shape index (κ3) is 4.88. The molecule has 1 N–H and O–H groups in total. The first-order valence-electron chi connectivity index (χ1n) is 9.73. The predicted octanol–water partition coefficient (Wildman–Crippen LogP) is 3.76. The molecule has 1 aromatic heterocycles. The van der Waals surface area contributed by atoms with Gasteiger partial charge in [0.25, 0.3) is 11.5 Å². The highest BCUT2D eigenvalue weighted by molar-refractivity contribution is 7.90. The highest BCUT2D eigenvalue weighted by Crippen LogP contribution is 2.23. The van der Waals surface area contributed by atoms with Crippen LogP contribution in [0.3, 0.4) is 0 Å². The highest BCUT2D eigenvalue weighted by atomic mass is 32.2. The molecule has 0 aliphatic carbocycles. The molecule has 0 atom stereocenters. The van der Waals surface area contributed by atoms with Gasteiger partial charge in [0.2, 0.25) is 0 Å². The molecule has 1 amide bonds. The Labute approximate surface area is 185 Å². The number of rotatable bonds is 6. The van der Waals surface area contributed by atoms with Crippen LogP contribution in [0.2, 0.25) is 0 Å². The van der Waals surface area contributed by atoms with E-state index in [4.69, 9.17) is 4.74 Å². The first-order chi connectivity index (χ1) is 15.0. The van der Waals surface area contributed by atoms with E-state index in [-0.39, 0.29) is 27.7 Å². The van der Waals surface area contributed by atoms with E-state index < -0.39 is 21.6 Å². The van der Waals surface area contributed by atoms with Gasteiger partial charge in [0.15, 0.2) is 21.4 Å². The summed E-state index contributed by atoms with van der Waals surface area (Å²) in [6, 6.07) is 11.4. The Morgan fingerprint density at radius 3 is 2.47 bits per heavy atom. The van der Waals surface area contributed by atoms with E-state index in [2.05, 4.69) is 5.32 Å². The van der Waals surface area contributed by atoms with Crippen molar-refractivity contribution in [3.8, 4) is 11.4 Å². The number of carbonyl (C=O) groups is 1. The largest absolute Gasteiger partial charge is 0.494 e. The third-order valence-electron chi connectivity index (χ3n) is 4.86. The lowest BCUT2D eigenvalue weighted by atomic mass is 10.0. The van der Waals surface area contributed by atoms with E-state index in [1.54, 1.807) is 6.07 Å². The van der Waals surface area contributed by atoms with Gasteiger partial charge >= 0.3 is 0 Å². The monoisotopic (exact) mass is 458 g/mol. The summed E-state index contributed by atoms with van der Waals surface area (Å²) in [6.45, 7) is 3.64. The minimum Gasteiger partial charge on any atom is -0.494 e. The van der Waals surface area contributed by atoms with Crippen molar-refractivity contribution in [2.75, 3.05) is 18.7 Å². The van der Waals surface area contributed by atoms with Gasteiger partial charge < -0.3 is 10.1 Å². The van der Waals surface area contributed by atoms with Crippen molar-refractivity contribution >= 4 is 21.4 Å². The van der Waals surface area contributed by atoms with Gasteiger partial charge in [-0.2, -0.15) is 0 Å². The van der Waals surface area contributed by atoms with Crippen LogP contribution in [0, 0.1) is 5.82 Å². The number of nitrogens with one attached hydrogen (secondary N) is 1. The number of sulfone groups is 1. The molecular formula is C23H23FN2O5S. The molecule has 9 heteroatoms. The summed E-state index contributed by atoms with van der Waals surface area (Å²) in [5.41, 5.74) is 0.847. The van der Waals surface area contributed by atoms with Crippen molar-refractivity contribution in [3.05, 3.63) is 82.0 Å². The van der Waals surface area contributed by atoms with Crippen LogP contribution in [0.15, 0.2) is 64.4 Å². The fraction of sp³-hybridized carbons (Fsp3) is 0.217. The van der Waals surface area contributed by atoms with Gasteiger partial charge in [-0.15, -0.1) is 0 Å². The molecule has 3 rings (SSSR count). The zero-order chi connectivity index (χ0) is 23.6. The van der Waals surface area contributed by atoms with E-state index >= 15 is 0 Å². The summed E-state index contributed by atoms with van der Waals surface area (Å²) in [5, 5.41) is 2.66. The summed E-state index contributed by atoms with van der Waals surface area (Å²) < 4.78 is 43.7. The van der Waals surface area contributed by atoms with Crippen LogP contribution in [0.4, 0.5) is 10.1 Å². The number of pyridine rings is 1. The summed E-state index contributed by atoms with van der Waals surface area (Å²) in [6.07, 6.45) is 2.43. The van der Waals surface area contributed by atoms with E-state index in [1.165, 1.54) is 60.3 Å². The molecule has 1 heterocycles. The lowest BCUT2D eigenvalue weighted by Crippen LogP contribution is -2.26. The summed E-state index contributed by atoms with van der Waals surface area (Å²) in [4.78, 5) is 26.0. The normalized spacial score (nSPS) is 11.4. The zero-order valence-electron chi connectivity index (χ0n) is 18.0. The van der Waals surface area contributed by atoms with Crippen LogP contribution in [-0.4, -0.2) is 32.3 Å². The number of benzene rings is 2. The second-order valence-corrected chi connectivity index (χ2v) is 9.60. The summed E-state index contributed by atoms with van der Waals surface area (Å²) in [7, 11) is -2.17. The topological polar surface area (TPSA) is 94.5 Å². The number of hydrogen-bond donors (Lipinski definition) is 1. The highest BCUT2D eigenvalue weighted by Gasteiger charge is 2.17. The van der Waals surface area contributed by atoms with Crippen LogP contribution in [-0.2, 0) is 9.84 Å². The molecule has 0 saturated carbocycles. The van der Waals surface area contributed by atoms with Crippen molar-refractivity contribution in [2.24, 2.45) is 0 Å². The second kappa shape index (κ2) is 8.96. The quantitative estimate of drug-likeness (QED) is 0.607. The Hall–Kier alpha value is -3.46. The molecule has 0 spiro atoms. The molecule has 32 heavy (non-hydrogen) atoms. The number of nitrogens with zero attached hydrogens (tertiary/aromatic N) is 1. The third-order valence-corrected chi connectivity index (χ3v) is 5.97. The molecule has 0 unspecified atom stereocenters. The van der Waals surface area contributed by atoms with E-state index in [9.17, 15) is 22.4 Å².